The Kier molecular flexibility index (Phi) is 7.26. The fourth-order valence-electron chi connectivity index (χ4n) is 3.71. The van der Waals surface area contributed by atoms with Gasteiger partial charge in [-0.1, -0.05) is 11.3 Å². The van der Waals surface area contributed by atoms with Gasteiger partial charge in [0.25, 0.3) is 5.91 Å². The number of rotatable bonds is 8. The van der Waals surface area contributed by atoms with Gasteiger partial charge in [0.1, 0.15) is 5.82 Å². The van der Waals surface area contributed by atoms with E-state index in [0.29, 0.717) is 64.5 Å². The van der Waals surface area contributed by atoms with E-state index in [9.17, 15) is 9.18 Å². The Hall–Kier alpha value is -2.95. The molecule has 1 aliphatic heterocycles. The molecule has 3 aromatic rings. The molecule has 1 aliphatic rings. The summed E-state index contributed by atoms with van der Waals surface area (Å²) in [4.78, 5) is 22.2. The number of hydrogen-bond acceptors (Lipinski definition) is 8. The van der Waals surface area contributed by atoms with E-state index in [1.54, 1.807) is 23.1 Å². The van der Waals surface area contributed by atoms with E-state index in [1.807, 2.05) is 0 Å². The van der Waals surface area contributed by atoms with Crippen LogP contribution in [0.4, 0.5) is 9.52 Å². The molecule has 0 saturated carbocycles. The van der Waals surface area contributed by atoms with Crippen molar-refractivity contribution in [2.24, 2.45) is 0 Å². The van der Waals surface area contributed by atoms with E-state index in [2.05, 4.69) is 9.88 Å². The molecule has 33 heavy (non-hydrogen) atoms. The number of methoxy groups -OCH3 is 3. The number of benzene rings is 2. The molecule has 0 atom stereocenters. The first-order valence-electron chi connectivity index (χ1n) is 10.5. The number of carbonyl (C=O) groups is 1. The number of halogens is 1. The zero-order chi connectivity index (χ0) is 23.4. The van der Waals surface area contributed by atoms with Crippen LogP contribution in [0.25, 0.3) is 10.2 Å². The van der Waals surface area contributed by atoms with Crippen molar-refractivity contribution in [3.8, 4) is 17.2 Å². The molecule has 0 aliphatic carbocycles. The van der Waals surface area contributed by atoms with Crippen LogP contribution in [0, 0.1) is 5.82 Å². The third-order valence-electron chi connectivity index (χ3n) is 5.47. The molecule has 1 amide bonds. The van der Waals surface area contributed by atoms with Gasteiger partial charge in [0.05, 0.1) is 44.8 Å². The van der Waals surface area contributed by atoms with Crippen molar-refractivity contribution in [1.82, 2.24) is 9.88 Å². The summed E-state index contributed by atoms with van der Waals surface area (Å²) < 4.78 is 36.1. The Bertz CT molecular complexity index is 1110. The molecule has 0 spiro atoms. The quantitative estimate of drug-likeness (QED) is 0.494. The Morgan fingerprint density at radius 1 is 1.12 bits per heavy atom. The molecule has 2 aromatic carbocycles. The average molecular weight is 476 g/mol. The normalized spacial score (nSPS) is 14.3. The monoisotopic (exact) mass is 475 g/mol. The molecule has 0 N–H and O–H groups in total. The van der Waals surface area contributed by atoms with Crippen molar-refractivity contribution in [2.75, 3.05) is 65.6 Å². The summed E-state index contributed by atoms with van der Waals surface area (Å²) in [7, 11) is 4.52. The van der Waals surface area contributed by atoms with Gasteiger partial charge in [-0.3, -0.25) is 14.6 Å². The number of ether oxygens (including phenoxy) is 4. The number of anilines is 1. The molecule has 4 rings (SSSR count). The number of carbonyl (C=O) groups excluding carboxylic acids is 1. The minimum atomic E-state index is -0.339. The maximum absolute atomic E-state index is 13.7. The second kappa shape index (κ2) is 10.3. The molecule has 10 heteroatoms. The first kappa shape index (κ1) is 23.2. The van der Waals surface area contributed by atoms with Crippen LogP contribution < -0.4 is 19.1 Å². The highest BCUT2D eigenvalue weighted by Crippen LogP contribution is 2.39. The van der Waals surface area contributed by atoms with Crippen LogP contribution in [0.2, 0.25) is 0 Å². The summed E-state index contributed by atoms with van der Waals surface area (Å²) >= 11 is 1.28. The molecular formula is C23H26FN3O5S. The molecule has 0 unspecified atom stereocenters. The van der Waals surface area contributed by atoms with Gasteiger partial charge < -0.3 is 18.9 Å². The third kappa shape index (κ3) is 5.02. The van der Waals surface area contributed by atoms with Crippen LogP contribution in [0.15, 0.2) is 30.3 Å². The lowest BCUT2D eigenvalue weighted by Crippen LogP contribution is -2.43. The molecule has 176 valence electrons. The highest BCUT2D eigenvalue weighted by atomic mass is 32.1. The number of aromatic nitrogens is 1. The first-order chi connectivity index (χ1) is 16.0. The summed E-state index contributed by atoms with van der Waals surface area (Å²) in [6.45, 7) is 4.01. The number of morpholine rings is 1. The standard InChI is InChI=1S/C23H26FN3O5S/c1-29-18-12-15(13-19(30-2)21(18)31-3)22(28)27(7-6-26-8-10-32-11-9-26)23-25-17-5-4-16(24)14-20(17)33-23/h4-5,12-14H,6-11H2,1-3H3. The Morgan fingerprint density at radius 2 is 1.82 bits per heavy atom. The summed E-state index contributed by atoms with van der Waals surface area (Å²) in [5.74, 6) is 0.585. The van der Waals surface area contributed by atoms with E-state index in [0.717, 1.165) is 13.1 Å². The Morgan fingerprint density at radius 3 is 2.45 bits per heavy atom. The fourth-order valence-corrected chi connectivity index (χ4v) is 4.73. The topological polar surface area (TPSA) is 73.4 Å². The van der Waals surface area contributed by atoms with Crippen LogP contribution in [-0.2, 0) is 4.74 Å². The highest BCUT2D eigenvalue weighted by molar-refractivity contribution is 7.22. The molecule has 8 nitrogen and oxygen atoms in total. The van der Waals surface area contributed by atoms with E-state index in [-0.39, 0.29) is 11.7 Å². The summed E-state index contributed by atoms with van der Waals surface area (Å²) in [6.07, 6.45) is 0. The fraction of sp³-hybridized carbons (Fsp3) is 0.391. The van der Waals surface area contributed by atoms with E-state index < -0.39 is 0 Å². The number of hydrogen-bond donors (Lipinski definition) is 0. The third-order valence-corrected chi connectivity index (χ3v) is 6.51. The maximum Gasteiger partial charge on any atom is 0.260 e. The van der Waals surface area contributed by atoms with Crippen molar-refractivity contribution in [3.05, 3.63) is 41.7 Å². The van der Waals surface area contributed by atoms with Gasteiger partial charge in [-0.2, -0.15) is 0 Å². The van der Waals surface area contributed by atoms with Crippen LogP contribution in [0.1, 0.15) is 10.4 Å². The zero-order valence-corrected chi connectivity index (χ0v) is 19.6. The van der Waals surface area contributed by atoms with Gasteiger partial charge in [-0.15, -0.1) is 0 Å². The smallest absolute Gasteiger partial charge is 0.260 e. The van der Waals surface area contributed by atoms with Gasteiger partial charge in [0.2, 0.25) is 5.75 Å². The number of amides is 1. The zero-order valence-electron chi connectivity index (χ0n) is 18.8. The second-order valence-corrected chi connectivity index (χ2v) is 8.44. The first-order valence-corrected chi connectivity index (χ1v) is 11.3. The predicted molar refractivity (Wildman–Crippen MR) is 125 cm³/mol. The lowest BCUT2D eigenvalue weighted by atomic mass is 10.1. The second-order valence-electron chi connectivity index (χ2n) is 7.43. The van der Waals surface area contributed by atoms with E-state index in [4.69, 9.17) is 18.9 Å². The summed E-state index contributed by atoms with van der Waals surface area (Å²) in [6, 6.07) is 7.66. The summed E-state index contributed by atoms with van der Waals surface area (Å²) in [5, 5.41) is 0.502. The van der Waals surface area contributed by atoms with E-state index >= 15 is 0 Å². The minimum Gasteiger partial charge on any atom is -0.493 e. The van der Waals surface area contributed by atoms with Gasteiger partial charge in [-0.25, -0.2) is 9.37 Å². The molecule has 1 saturated heterocycles. The predicted octanol–water partition coefficient (Wildman–Crippen LogP) is 3.44. The molecule has 0 radical (unpaired) electrons. The summed E-state index contributed by atoms with van der Waals surface area (Å²) in [5.41, 5.74) is 1.02. The maximum atomic E-state index is 13.7. The van der Waals surface area contributed by atoms with Crippen LogP contribution in [-0.4, -0.2) is 76.5 Å². The van der Waals surface area contributed by atoms with Crippen LogP contribution >= 0.6 is 11.3 Å². The molecule has 2 heterocycles. The highest BCUT2D eigenvalue weighted by Gasteiger charge is 2.25. The van der Waals surface area contributed by atoms with Crippen molar-refractivity contribution >= 4 is 32.6 Å². The van der Waals surface area contributed by atoms with Gasteiger partial charge in [0.15, 0.2) is 16.6 Å². The lowest BCUT2D eigenvalue weighted by molar-refractivity contribution is 0.0391. The van der Waals surface area contributed by atoms with Crippen molar-refractivity contribution in [1.29, 1.82) is 0 Å². The SMILES string of the molecule is COc1cc(C(=O)N(CCN2CCOCC2)c2nc3ccc(F)cc3s2)cc(OC)c1OC. The van der Waals surface area contributed by atoms with Crippen molar-refractivity contribution in [3.63, 3.8) is 0 Å². The lowest BCUT2D eigenvalue weighted by Gasteiger charge is -2.29. The molecule has 1 fully saturated rings. The van der Waals surface area contributed by atoms with E-state index in [1.165, 1.54) is 44.8 Å². The molecule has 0 bridgehead atoms. The Labute approximate surface area is 195 Å². The largest absolute Gasteiger partial charge is 0.493 e. The van der Waals surface area contributed by atoms with Gasteiger partial charge in [0, 0.05) is 31.7 Å². The van der Waals surface area contributed by atoms with Gasteiger partial charge in [-0.05, 0) is 30.3 Å². The minimum absolute atomic E-state index is 0.262. The van der Waals surface area contributed by atoms with Crippen LogP contribution in [0.5, 0.6) is 17.2 Å². The van der Waals surface area contributed by atoms with Crippen LogP contribution in [0.3, 0.4) is 0 Å². The van der Waals surface area contributed by atoms with Crippen molar-refractivity contribution in [2.45, 2.75) is 0 Å². The Balaban J connectivity index is 1.70. The number of fused-ring (bicyclic) bond motifs is 1. The molecular weight excluding hydrogens is 449 g/mol. The average Bonchev–Trinajstić information content (AvgIpc) is 3.26. The van der Waals surface area contributed by atoms with Gasteiger partial charge >= 0.3 is 0 Å². The number of nitrogens with zero attached hydrogens (tertiary/aromatic N) is 3. The number of thiazole rings is 1. The van der Waals surface area contributed by atoms with Crippen molar-refractivity contribution < 1.29 is 28.1 Å². The molecule has 1 aromatic heterocycles.